The predicted molar refractivity (Wildman–Crippen MR) is 79.1 cm³/mol. The molecule has 0 fully saturated rings. The Morgan fingerprint density at radius 1 is 1.10 bits per heavy atom. The van der Waals surface area contributed by atoms with Crippen LogP contribution in [0.1, 0.15) is 16.7 Å². The van der Waals surface area contributed by atoms with Crippen molar-refractivity contribution < 1.29 is 13.5 Å². The van der Waals surface area contributed by atoms with E-state index in [0.717, 1.165) is 5.56 Å². The van der Waals surface area contributed by atoms with Crippen molar-refractivity contribution >= 4 is 15.7 Å². The second-order valence-corrected chi connectivity index (χ2v) is 6.32. The summed E-state index contributed by atoms with van der Waals surface area (Å²) < 4.78 is 27.4. The van der Waals surface area contributed by atoms with E-state index in [0.29, 0.717) is 16.8 Å². The number of aryl methyl sites for hydroxylation is 1. The first-order chi connectivity index (χ1) is 9.44. The van der Waals surface area contributed by atoms with Crippen molar-refractivity contribution in [3.63, 3.8) is 0 Å². The van der Waals surface area contributed by atoms with Gasteiger partial charge in [-0.3, -0.25) is 4.72 Å². The summed E-state index contributed by atoms with van der Waals surface area (Å²) in [6, 6.07) is 12.0. The Kier molecular flexibility index (Phi) is 4.11. The Hall–Kier alpha value is -1.85. The molecule has 0 aliphatic rings. The topological polar surface area (TPSA) is 66.4 Å². The lowest BCUT2D eigenvalue weighted by molar-refractivity contribution is 0.280. The van der Waals surface area contributed by atoms with Gasteiger partial charge in [-0.15, -0.1) is 0 Å². The molecule has 0 saturated heterocycles. The van der Waals surface area contributed by atoms with Crippen molar-refractivity contribution in [1.29, 1.82) is 0 Å². The van der Waals surface area contributed by atoms with Crippen LogP contribution in [0.15, 0.2) is 47.4 Å². The van der Waals surface area contributed by atoms with Gasteiger partial charge in [0.15, 0.2) is 0 Å². The number of rotatable bonds is 4. The fourth-order valence-corrected chi connectivity index (χ4v) is 3.38. The Balaban J connectivity index is 2.41. The lowest BCUT2D eigenvalue weighted by atomic mass is 10.1. The van der Waals surface area contributed by atoms with Gasteiger partial charge in [0, 0.05) is 5.69 Å². The molecule has 0 radical (unpaired) electrons. The van der Waals surface area contributed by atoms with Crippen LogP contribution in [0, 0.1) is 13.8 Å². The van der Waals surface area contributed by atoms with Crippen molar-refractivity contribution in [2.45, 2.75) is 25.3 Å². The van der Waals surface area contributed by atoms with Gasteiger partial charge in [0.25, 0.3) is 10.0 Å². The molecule has 2 aromatic carbocycles. The van der Waals surface area contributed by atoms with Crippen molar-refractivity contribution in [3.05, 3.63) is 59.2 Å². The maximum atomic E-state index is 12.4. The number of aliphatic hydroxyl groups is 1. The first kappa shape index (κ1) is 14.6. The predicted octanol–water partition coefficient (Wildman–Crippen LogP) is 2.60. The van der Waals surface area contributed by atoms with E-state index in [2.05, 4.69) is 4.72 Å². The van der Waals surface area contributed by atoms with Gasteiger partial charge in [0.1, 0.15) is 0 Å². The third-order valence-electron chi connectivity index (χ3n) is 3.13. The van der Waals surface area contributed by atoms with Crippen LogP contribution in [0.4, 0.5) is 5.69 Å². The molecule has 2 aromatic rings. The van der Waals surface area contributed by atoms with Crippen LogP contribution in [-0.2, 0) is 16.6 Å². The van der Waals surface area contributed by atoms with Gasteiger partial charge in [-0.05, 0) is 48.7 Å². The van der Waals surface area contributed by atoms with Crippen molar-refractivity contribution in [2.24, 2.45) is 0 Å². The van der Waals surface area contributed by atoms with Gasteiger partial charge in [-0.2, -0.15) is 0 Å². The van der Waals surface area contributed by atoms with Crippen molar-refractivity contribution in [1.82, 2.24) is 0 Å². The molecule has 0 amide bonds. The van der Waals surface area contributed by atoms with E-state index in [1.807, 2.05) is 13.0 Å². The molecule has 106 valence electrons. The number of aliphatic hydroxyl groups excluding tert-OH is 1. The molecular formula is C15H17NO3S. The van der Waals surface area contributed by atoms with E-state index in [1.54, 1.807) is 37.3 Å². The van der Waals surface area contributed by atoms with E-state index < -0.39 is 10.0 Å². The van der Waals surface area contributed by atoms with E-state index in [9.17, 15) is 13.5 Å². The average molecular weight is 291 g/mol. The van der Waals surface area contributed by atoms with Crippen LogP contribution in [-0.4, -0.2) is 13.5 Å². The maximum Gasteiger partial charge on any atom is 0.262 e. The summed E-state index contributed by atoms with van der Waals surface area (Å²) in [5.41, 5.74) is 2.68. The van der Waals surface area contributed by atoms with Crippen LogP contribution in [0.2, 0.25) is 0 Å². The van der Waals surface area contributed by atoms with Crippen LogP contribution < -0.4 is 4.72 Å². The van der Waals surface area contributed by atoms with Crippen LogP contribution in [0.5, 0.6) is 0 Å². The standard InChI is InChI=1S/C15H17NO3S/c1-11-5-3-7-14(9-11)16-20(18,19)15-8-4-6-13(10-17)12(15)2/h3-9,16-17H,10H2,1-2H3. The van der Waals surface area contributed by atoms with Gasteiger partial charge in [-0.1, -0.05) is 24.3 Å². The zero-order valence-electron chi connectivity index (χ0n) is 11.4. The number of benzene rings is 2. The maximum absolute atomic E-state index is 12.4. The Morgan fingerprint density at radius 2 is 1.80 bits per heavy atom. The van der Waals surface area contributed by atoms with E-state index in [-0.39, 0.29) is 11.5 Å². The molecule has 0 bridgehead atoms. The van der Waals surface area contributed by atoms with Gasteiger partial charge in [0.2, 0.25) is 0 Å². The van der Waals surface area contributed by atoms with E-state index in [4.69, 9.17) is 0 Å². The molecule has 20 heavy (non-hydrogen) atoms. The van der Waals surface area contributed by atoms with Crippen molar-refractivity contribution in [3.8, 4) is 0 Å². The zero-order valence-corrected chi connectivity index (χ0v) is 12.2. The molecule has 0 aliphatic heterocycles. The number of hydrogen-bond donors (Lipinski definition) is 2. The summed E-state index contributed by atoms with van der Waals surface area (Å²) >= 11 is 0. The second-order valence-electron chi connectivity index (χ2n) is 4.67. The molecular weight excluding hydrogens is 274 g/mol. The summed E-state index contributed by atoms with van der Waals surface area (Å²) in [7, 11) is -3.65. The molecule has 0 saturated carbocycles. The number of sulfonamides is 1. The number of anilines is 1. The zero-order chi connectivity index (χ0) is 14.8. The molecule has 0 unspecified atom stereocenters. The SMILES string of the molecule is Cc1cccc(NS(=O)(=O)c2cccc(CO)c2C)c1. The number of hydrogen-bond acceptors (Lipinski definition) is 3. The highest BCUT2D eigenvalue weighted by Crippen LogP contribution is 2.22. The molecule has 0 aromatic heterocycles. The quantitative estimate of drug-likeness (QED) is 0.910. The largest absolute Gasteiger partial charge is 0.392 e. The van der Waals surface area contributed by atoms with Crippen LogP contribution in [0.3, 0.4) is 0 Å². The summed E-state index contributed by atoms with van der Waals surface area (Å²) in [6.45, 7) is 3.41. The smallest absolute Gasteiger partial charge is 0.262 e. The Labute approximate surface area is 119 Å². The van der Waals surface area contributed by atoms with E-state index in [1.165, 1.54) is 6.07 Å². The van der Waals surface area contributed by atoms with Gasteiger partial charge in [0.05, 0.1) is 11.5 Å². The average Bonchev–Trinajstić information content (AvgIpc) is 2.38. The monoisotopic (exact) mass is 291 g/mol. The normalized spacial score (nSPS) is 11.3. The molecule has 0 atom stereocenters. The molecule has 0 aliphatic carbocycles. The molecule has 0 spiro atoms. The Morgan fingerprint density at radius 3 is 2.45 bits per heavy atom. The molecule has 2 rings (SSSR count). The number of nitrogens with one attached hydrogen (secondary N) is 1. The third kappa shape index (κ3) is 3.00. The van der Waals surface area contributed by atoms with Gasteiger partial charge >= 0.3 is 0 Å². The summed E-state index contributed by atoms with van der Waals surface area (Å²) in [5.74, 6) is 0. The van der Waals surface area contributed by atoms with Crippen molar-refractivity contribution in [2.75, 3.05) is 4.72 Å². The Bertz CT molecular complexity index is 724. The minimum atomic E-state index is -3.65. The minimum Gasteiger partial charge on any atom is -0.392 e. The molecule has 5 heteroatoms. The summed E-state index contributed by atoms with van der Waals surface area (Å²) in [6.07, 6.45) is 0. The lowest BCUT2D eigenvalue weighted by Gasteiger charge is -2.12. The molecule has 0 heterocycles. The fourth-order valence-electron chi connectivity index (χ4n) is 2.04. The summed E-state index contributed by atoms with van der Waals surface area (Å²) in [4.78, 5) is 0.186. The first-order valence-corrected chi connectivity index (χ1v) is 7.71. The third-order valence-corrected chi connectivity index (χ3v) is 4.65. The van der Waals surface area contributed by atoms with Crippen LogP contribution >= 0.6 is 0 Å². The van der Waals surface area contributed by atoms with Crippen LogP contribution in [0.25, 0.3) is 0 Å². The van der Waals surface area contributed by atoms with Gasteiger partial charge in [-0.25, -0.2) is 8.42 Å². The highest BCUT2D eigenvalue weighted by atomic mass is 32.2. The summed E-state index contributed by atoms with van der Waals surface area (Å²) in [5, 5.41) is 9.22. The van der Waals surface area contributed by atoms with E-state index >= 15 is 0 Å². The molecule has 2 N–H and O–H groups in total. The second kappa shape index (κ2) is 5.64. The minimum absolute atomic E-state index is 0.181. The molecule has 4 nitrogen and oxygen atoms in total. The first-order valence-electron chi connectivity index (χ1n) is 6.23. The fraction of sp³-hybridized carbons (Fsp3) is 0.200. The highest BCUT2D eigenvalue weighted by molar-refractivity contribution is 7.92. The highest BCUT2D eigenvalue weighted by Gasteiger charge is 2.18. The van der Waals surface area contributed by atoms with Gasteiger partial charge < -0.3 is 5.11 Å². The lowest BCUT2D eigenvalue weighted by Crippen LogP contribution is -2.15.